The number of benzene rings is 4. The third kappa shape index (κ3) is 6.65. The minimum atomic E-state index is -0.284. The van der Waals surface area contributed by atoms with Crippen LogP contribution in [0.25, 0.3) is 0 Å². The molecule has 0 spiro atoms. The average molecular weight is 873 g/mol. The van der Waals surface area contributed by atoms with Crippen LogP contribution in [0.1, 0.15) is 169 Å². The highest BCUT2D eigenvalue weighted by Crippen LogP contribution is 2.58. The van der Waals surface area contributed by atoms with Crippen LogP contribution in [0.2, 0.25) is 0 Å². The maximum Gasteiger partial charge on any atom is 0.230 e. The quantitative estimate of drug-likeness (QED) is 0.104. The number of ether oxygens (including phenoxy) is 8. The molecule has 9 rings (SSSR count). The maximum atomic E-state index is 11.3. The van der Waals surface area contributed by atoms with E-state index in [1.165, 1.54) is 0 Å². The van der Waals surface area contributed by atoms with Crippen LogP contribution < -0.4 is 37.9 Å². The van der Waals surface area contributed by atoms with E-state index in [-0.39, 0.29) is 57.5 Å². The van der Waals surface area contributed by atoms with Crippen LogP contribution in [0.4, 0.5) is 0 Å². The van der Waals surface area contributed by atoms with Crippen molar-refractivity contribution in [1.82, 2.24) is 0 Å². The number of aliphatic hydroxyl groups is 1. The Balaban J connectivity index is 1.50. The van der Waals surface area contributed by atoms with Gasteiger partial charge in [0, 0.05) is 102 Å². The molecule has 4 atom stereocenters. The molecule has 8 bridgehead atoms. The second kappa shape index (κ2) is 17.6. The van der Waals surface area contributed by atoms with Crippen LogP contribution in [0.5, 0.6) is 46.0 Å². The normalized spacial score (nSPS) is 20.3. The molecule has 0 amide bonds. The molecule has 60 heavy (non-hydrogen) atoms. The highest BCUT2D eigenvalue weighted by Gasteiger charge is 2.40. The highest BCUT2D eigenvalue weighted by molar-refractivity contribution is 7.79. The van der Waals surface area contributed by atoms with E-state index < -0.39 is 0 Å². The molecule has 9 nitrogen and oxygen atoms in total. The first kappa shape index (κ1) is 41.6. The van der Waals surface area contributed by atoms with Crippen molar-refractivity contribution < 1.29 is 43.0 Å². The zero-order valence-corrected chi connectivity index (χ0v) is 37.7. The van der Waals surface area contributed by atoms with Crippen LogP contribution in [-0.4, -0.2) is 32.3 Å². The fourth-order valence-electron chi connectivity index (χ4n) is 10.7. The highest BCUT2D eigenvalue weighted by atomic mass is 32.1. The summed E-state index contributed by atoms with van der Waals surface area (Å²) in [5.41, 5.74) is 11.7. The Morgan fingerprint density at radius 2 is 0.583 bits per heavy atom. The number of hydrogen-bond donors (Lipinski definition) is 4. The van der Waals surface area contributed by atoms with E-state index in [1.807, 2.05) is 0 Å². The fraction of sp³-hybridized carbons (Fsp3) is 0.500. The van der Waals surface area contributed by atoms with E-state index in [9.17, 15) is 5.11 Å². The Morgan fingerprint density at radius 3 is 0.750 bits per heavy atom. The van der Waals surface area contributed by atoms with Gasteiger partial charge in [0.1, 0.15) is 46.0 Å². The molecule has 1 aliphatic carbocycles. The van der Waals surface area contributed by atoms with Crippen molar-refractivity contribution in [2.75, 3.05) is 27.2 Å². The van der Waals surface area contributed by atoms with Crippen LogP contribution in [-0.2, 0) is 23.9 Å². The Morgan fingerprint density at radius 1 is 0.383 bits per heavy atom. The van der Waals surface area contributed by atoms with Crippen molar-refractivity contribution >= 4 is 37.9 Å². The molecule has 4 heterocycles. The predicted octanol–water partition coefficient (Wildman–Crippen LogP) is 11.4. The molecule has 0 saturated heterocycles. The second-order valence-corrected chi connectivity index (χ2v) is 17.3. The van der Waals surface area contributed by atoms with E-state index >= 15 is 0 Å². The second-order valence-electron chi connectivity index (χ2n) is 16.4. The van der Waals surface area contributed by atoms with Gasteiger partial charge in [-0.1, -0.05) is 53.4 Å². The Bertz CT molecular complexity index is 1850. The van der Waals surface area contributed by atoms with Crippen molar-refractivity contribution in [2.45, 2.75) is 127 Å². The number of thiol groups is 3. The summed E-state index contributed by atoms with van der Waals surface area (Å²) in [6.45, 7) is 8.41. The molecule has 4 aromatic rings. The maximum absolute atomic E-state index is 11.3. The SMILES string of the molecule is CCCC1c2cc3c4c(CO)c2OCOc2c1cc1c(c2CS)OCOc2c(cc5c(c2CS)OCOc2c(cc(c(c2CS)OCO4)C3CCC)C5CCC)C1CCC. The van der Waals surface area contributed by atoms with Gasteiger partial charge in [0.05, 0.1) is 12.2 Å². The predicted molar refractivity (Wildman–Crippen MR) is 241 cm³/mol. The van der Waals surface area contributed by atoms with Gasteiger partial charge in [-0.05, 0) is 49.9 Å². The average Bonchev–Trinajstić information content (AvgIpc) is 3.24. The number of rotatable bonds is 12. The van der Waals surface area contributed by atoms with Crippen molar-refractivity contribution in [3.63, 3.8) is 0 Å². The van der Waals surface area contributed by atoms with Gasteiger partial charge in [-0.25, -0.2) is 0 Å². The van der Waals surface area contributed by atoms with Gasteiger partial charge in [-0.3, -0.25) is 0 Å². The summed E-state index contributed by atoms with van der Waals surface area (Å²) in [5, 5.41) is 11.3. The first-order valence-electron chi connectivity index (χ1n) is 21.7. The Kier molecular flexibility index (Phi) is 12.2. The largest absolute Gasteiger partial charge is 0.457 e. The van der Waals surface area contributed by atoms with Gasteiger partial charge < -0.3 is 43.0 Å². The minimum Gasteiger partial charge on any atom is -0.457 e. The van der Waals surface area contributed by atoms with Crippen molar-refractivity contribution in [3.05, 3.63) is 91.0 Å². The lowest BCUT2D eigenvalue weighted by Gasteiger charge is -2.37. The Hall–Kier alpha value is -3.71. The molecule has 4 unspecified atom stereocenters. The molecule has 12 heteroatoms. The van der Waals surface area contributed by atoms with E-state index in [0.717, 1.165) is 147 Å². The lowest BCUT2D eigenvalue weighted by Crippen LogP contribution is -2.25. The summed E-state index contributed by atoms with van der Waals surface area (Å²) in [6.07, 6.45) is 6.93. The van der Waals surface area contributed by atoms with Gasteiger partial charge in [-0.15, -0.1) is 0 Å². The van der Waals surface area contributed by atoms with Crippen molar-refractivity contribution in [2.24, 2.45) is 0 Å². The molecule has 0 fully saturated rings. The summed E-state index contributed by atoms with van der Waals surface area (Å²) in [6, 6.07) is 9.32. The molecular formula is C48H56O9S3. The van der Waals surface area contributed by atoms with Gasteiger partial charge >= 0.3 is 0 Å². The standard InChI is InChI=1S/C48H56O9S3/c1-5-9-25-29-13-30-26(10-6-2)32-15-34-28(12-8-4)36-16-35-27(11-7-3)33-14-31(25)43-38(18-58)45(33)54-23-56-47(35)40(20-60)48(36)57-24-55-46(34)39(19-59)44(32)53-22-51-42(30)37(17-49)41(29)50-21-52-43/h13-16,25-28,49,58-60H,5-12,17-24H2,1-4H3. The third-order valence-corrected chi connectivity index (χ3v) is 14.1. The van der Waals surface area contributed by atoms with Crippen molar-refractivity contribution in [3.8, 4) is 46.0 Å². The molecule has 0 saturated carbocycles. The van der Waals surface area contributed by atoms with E-state index in [0.29, 0.717) is 34.3 Å². The minimum absolute atomic E-state index is 0.0182. The van der Waals surface area contributed by atoms with E-state index in [1.54, 1.807) is 0 Å². The molecular weight excluding hydrogens is 817 g/mol. The molecule has 0 radical (unpaired) electrons. The smallest absolute Gasteiger partial charge is 0.230 e. The van der Waals surface area contributed by atoms with Gasteiger partial charge in [0.2, 0.25) is 27.2 Å². The number of hydrogen-bond acceptors (Lipinski definition) is 12. The zero-order valence-electron chi connectivity index (χ0n) is 35.0. The molecule has 4 aromatic carbocycles. The van der Waals surface area contributed by atoms with E-state index in [2.05, 4.69) is 52.0 Å². The third-order valence-electron chi connectivity index (χ3n) is 13.1. The van der Waals surface area contributed by atoms with Crippen molar-refractivity contribution in [1.29, 1.82) is 0 Å². The summed E-state index contributed by atoms with van der Waals surface area (Å²) in [4.78, 5) is 0. The fourth-order valence-corrected chi connectivity index (χ4v) is 11.5. The van der Waals surface area contributed by atoms with E-state index in [4.69, 9.17) is 75.8 Å². The zero-order chi connectivity index (χ0) is 41.7. The molecule has 4 aliphatic heterocycles. The first-order chi connectivity index (χ1) is 29.5. The molecule has 320 valence electrons. The van der Waals surface area contributed by atoms with Crippen LogP contribution in [0.15, 0.2) is 24.3 Å². The lowest BCUT2D eigenvalue weighted by atomic mass is 9.74. The summed E-state index contributed by atoms with van der Waals surface area (Å²) >= 11 is 14.9. The lowest BCUT2D eigenvalue weighted by molar-refractivity contribution is 0.0933. The van der Waals surface area contributed by atoms with Gasteiger partial charge in [0.25, 0.3) is 0 Å². The monoisotopic (exact) mass is 872 g/mol. The molecule has 1 N–H and O–H groups in total. The number of aliphatic hydroxyl groups excluding tert-OH is 1. The van der Waals surface area contributed by atoms with Gasteiger partial charge in [-0.2, -0.15) is 37.9 Å². The summed E-state index contributed by atoms with van der Waals surface area (Å²) in [7, 11) is 0. The molecule has 5 aliphatic rings. The Labute approximate surface area is 369 Å². The van der Waals surface area contributed by atoms with Crippen LogP contribution >= 0.6 is 37.9 Å². The molecule has 0 aromatic heterocycles. The van der Waals surface area contributed by atoms with Gasteiger partial charge in [0.15, 0.2) is 0 Å². The first-order valence-corrected chi connectivity index (χ1v) is 23.6. The van der Waals surface area contributed by atoms with Crippen LogP contribution in [0.3, 0.4) is 0 Å². The van der Waals surface area contributed by atoms with Crippen LogP contribution in [0, 0.1) is 0 Å². The summed E-state index contributed by atoms with van der Waals surface area (Å²) in [5.74, 6) is 6.26. The topological polar surface area (TPSA) is 94.1 Å². The summed E-state index contributed by atoms with van der Waals surface area (Å²) < 4.78 is 53.4.